The monoisotopic (exact) mass is 213 g/mol. The van der Waals surface area contributed by atoms with Gasteiger partial charge in [0.05, 0.1) is 0 Å². The number of rotatable bonds is 4. The molecule has 0 aliphatic rings. The van der Waals surface area contributed by atoms with Gasteiger partial charge >= 0.3 is 0 Å². The first-order valence-corrected chi connectivity index (χ1v) is 5.26. The third kappa shape index (κ3) is 3.27. The van der Waals surface area contributed by atoms with Gasteiger partial charge in [0.25, 0.3) is 0 Å². The molecule has 0 aromatic heterocycles. The van der Waals surface area contributed by atoms with E-state index < -0.39 is 11.6 Å². The van der Waals surface area contributed by atoms with E-state index in [1.54, 1.807) is 0 Å². The van der Waals surface area contributed by atoms with Gasteiger partial charge in [-0.15, -0.1) is 0 Å². The highest BCUT2D eigenvalue weighted by atomic mass is 19.1. The van der Waals surface area contributed by atoms with E-state index in [4.69, 9.17) is 5.73 Å². The lowest BCUT2D eigenvalue weighted by atomic mass is 9.91. The van der Waals surface area contributed by atoms with Gasteiger partial charge in [-0.3, -0.25) is 0 Å². The van der Waals surface area contributed by atoms with Crippen LogP contribution in [0.3, 0.4) is 0 Å². The molecule has 0 amide bonds. The molecule has 0 radical (unpaired) electrons. The van der Waals surface area contributed by atoms with E-state index in [-0.39, 0.29) is 12.0 Å². The van der Waals surface area contributed by atoms with Crippen molar-refractivity contribution in [2.75, 3.05) is 0 Å². The molecule has 0 aliphatic heterocycles. The second-order valence-electron chi connectivity index (χ2n) is 3.94. The number of benzene rings is 1. The molecule has 15 heavy (non-hydrogen) atoms. The molecule has 0 spiro atoms. The van der Waals surface area contributed by atoms with Crippen LogP contribution in [0.1, 0.15) is 38.2 Å². The molecule has 2 N–H and O–H groups in total. The summed E-state index contributed by atoms with van der Waals surface area (Å²) in [6, 6.07) is 3.53. The van der Waals surface area contributed by atoms with Gasteiger partial charge in [0.1, 0.15) is 11.6 Å². The van der Waals surface area contributed by atoms with Crippen molar-refractivity contribution < 1.29 is 8.78 Å². The van der Waals surface area contributed by atoms with Crippen LogP contribution in [0.25, 0.3) is 0 Å². The van der Waals surface area contributed by atoms with Crippen LogP contribution < -0.4 is 5.73 Å². The lowest BCUT2D eigenvalue weighted by Crippen LogP contribution is -2.26. The zero-order valence-corrected chi connectivity index (χ0v) is 9.13. The van der Waals surface area contributed by atoms with Crippen molar-refractivity contribution in [3.8, 4) is 0 Å². The number of halogens is 2. The summed E-state index contributed by atoms with van der Waals surface area (Å²) in [6.07, 6.45) is 1.84. The van der Waals surface area contributed by atoms with Crippen molar-refractivity contribution in [3.63, 3.8) is 0 Å². The Morgan fingerprint density at radius 2 is 1.73 bits per heavy atom. The maximum absolute atomic E-state index is 13.0. The van der Waals surface area contributed by atoms with Crippen molar-refractivity contribution in [1.29, 1.82) is 0 Å². The summed E-state index contributed by atoms with van der Waals surface area (Å²) in [7, 11) is 0. The topological polar surface area (TPSA) is 26.0 Å². The van der Waals surface area contributed by atoms with Crippen LogP contribution in [0.15, 0.2) is 18.2 Å². The van der Waals surface area contributed by atoms with Crippen LogP contribution in [0.5, 0.6) is 0 Å². The minimum absolute atomic E-state index is 0.0184. The Kier molecular flexibility index (Phi) is 4.21. The zero-order valence-electron chi connectivity index (χ0n) is 9.13. The highest BCUT2D eigenvalue weighted by Gasteiger charge is 2.15. The smallest absolute Gasteiger partial charge is 0.126 e. The first-order chi connectivity index (χ1) is 7.04. The minimum atomic E-state index is -0.541. The largest absolute Gasteiger partial charge is 0.327 e. The van der Waals surface area contributed by atoms with Gasteiger partial charge in [-0.05, 0) is 30.0 Å². The molecular weight excluding hydrogens is 196 g/mol. The highest BCUT2D eigenvalue weighted by Crippen LogP contribution is 2.22. The van der Waals surface area contributed by atoms with Crippen molar-refractivity contribution in [2.24, 2.45) is 5.73 Å². The standard InChI is InChI=1S/C12H17F2N/c1-3-4-12(15)8(2)9-5-10(13)7-11(14)6-9/h5-8,12H,3-4,15H2,1-2H3. The van der Waals surface area contributed by atoms with E-state index in [0.717, 1.165) is 18.9 Å². The second-order valence-corrected chi connectivity index (χ2v) is 3.94. The average Bonchev–Trinajstić information content (AvgIpc) is 2.15. The Labute approximate surface area is 89.3 Å². The maximum Gasteiger partial charge on any atom is 0.126 e. The van der Waals surface area contributed by atoms with Crippen molar-refractivity contribution in [1.82, 2.24) is 0 Å². The lowest BCUT2D eigenvalue weighted by molar-refractivity contribution is 0.512. The SMILES string of the molecule is CCCC(N)C(C)c1cc(F)cc(F)c1. The van der Waals surface area contributed by atoms with Gasteiger partial charge < -0.3 is 5.73 Å². The van der Waals surface area contributed by atoms with E-state index in [2.05, 4.69) is 0 Å². The molecule has 0 bridgehead atoms. The lowest BCUT2D eigenvalue weighted by Gasteiger charge is -2.19. The Hall–Kier alpha value is -0.960. The molecule has 0 heterocycles. The van der Waals surface area contributed by atoms with Crippen molar-refractivity contribution in [2.45, 2.75) is 38.6 Å². The number of hydrogen-bond donors (Lipinski definition) is 1. The Balaban J connectivity index is 2.85. The predicted octanol–water partition coefficient (Wildman–Crippen LogP) is 3.20. The molecule has 84 valence electrons. The van der Waals surface area contributed by atoms with Gasteiger partial charge in [0.15, 0.2) is 0 Å². The normalized spacial score (nSPS) is 15.0. The highest BCUT2D eigenvalue weighted by molar-refractivity contribution is 5.22. The van der Waals surface area contributed by atoms with Gasteiger partial charge in [0, 0.05) is 12.1 Å². The quantitative estimate of drug-likeness (QED) is 0.816. The summed E-state index contributed by atoms with van der Waals surface area (Å²) in [5.74, 6) is -1.10. The van der Waals surface area contributed by atoms with E-state index in [1.165, 1.54) is 12.1 Å². The molecule has 2 atom stereocenters. The van der Waals surface area contributed by atoms with Crippen LogP contribution in [-0.2, 0) is 0 Å². The Morgan fingerprint density at radius 3 is 2.20 bits per heavy atom. The van der Waals surface area contributed by atoms with Gasteiger partial charge in [-0.25, -0.2) is 8.78 Å². The molecule has 0 saturated carbocycles. The molecule has 1 nitrogen and oxygen atoms in total. The molecule has 1 rings (SSSR count). The van der Waals surface area contributed by atoms with E-state index in [1.807, 2.05) is 13.8 Å². The Morgan fingerprint density at radius 1 is 1.20 bits per heavy atom. The van der Waals surface area contributed by atoms with E-state index in [0.29, 0.717) is 5.56 Å². The molecule has 0 fully saturated rings. The number of hydrogen-bond acceptors (Lipinski definition) is 1. The first kappa shape index (κ1) is 12.1. The maximum atomic E-state index is 13.0. The summed E-state index contributed by atoms with van der Waals surface area (Å²) >= 11 is 0. The predicted molar refractivity (Wildman–Crippen MR) is 57.7 cm³/mol. The van der Waals surface area contributed by atoms with Crippen molar-refractivity contribution in [3.05, 3.63) is 35.4 Å². The van der Waals surface area contributed by atoms with Crippen LogP contribution in [0.4, 0.5) is 8.78 Å². The molecular formula is C12H17F2N. The summed E-state index contributed by atoms with van der Waals surface area (Å²) in [6.45, 7) is 3.94. The van der Waals surface area contributed by atoms with Gasteiger partial charge in [0.2, 0.25) is 0 Å². The molecule has 0 aliphatic carbocycles. The third-order valence-corrected chi connectivity index (χ3v) is 2.67. The second kappa shape index (κ2) is 5.21. The first-order valence-electron chi connectivity index (χ1n) is 5.26. The van der Waals surface area contributed by atoms with Gasteiger partial charge in [-0.1, -0.05) is 20.3 Å². The Bertz CT molecular complexity index is 305. The number of nitrogens with two attached hydrogens (primary N) is 1. The fraction of sp³-hybridized carbons (Fsp3) is 0.500. The van der Waals surface area contributed by atoms with Crippen LogP contribution in [-0.4, -0.2) is 6.04 Å². The molecule has 0 saturated heterocycles. The van der Waals surface area contributed by atoms with Crippen LogP contribution in [0.2, 0.25) is 0 Å². The summed E-state index contributed by atoms with van der Waals surface area (Å²) in [5, 5.41) is 0. The van der Waals surface area contributed by atoms with E-state index in [9.17, 15) is 8.78 Å². The minimum Gasteiger partial charge on any atom is -0.327 e. The van der Waals surface area contributed by atoms with Crippen LogP contribution in [0, 0.1) is 11.6 Å². The fourth-order valence-corrected chi connectivity index (χ4v) is 1.67. The molecule has 1 aromatic carbocycles. The van der Waals surface area contributed by atoms with Gasteiger partial charge in [-0.2, -0.15) is 0 Å². The summed E-state index contributed by atoms with van der Waals surface area (Å²) < 4.78 is 25.9. The van der Waals surface area contributed by atoms with E-state index >= 15 is 0 Å². The fourth-order valence-electron chi connectivity index (χ4n) is 1.67. The van der Waals surface area contributed by atoms with Crippen LogP contribution >= 0.6 is 0 Å². The third-order valence-electron chi connectivity index (χ3n) is 2.67. The summed E-state index contributed by atoms with van der Waals surface area (Å²) in [5.41, 5.74) is 6.55. The average molecular weight is 213 g/mol. The zero-order chi connectivity index (χ0) is 11.4. The molecule has 2 unspecified atom stereocenters. The molecule has 1 aromatic rings. The van der Waals surface area contributed by atoms with Crippen molar-refractivity contribution >= 4 is 0 Å². The molecule has 3 heteroatoms. The summed E-state index contributed by atoms with van der Waals surface area (Å²) in [4.78, 5) is 0.